The van der Waals surface area contributed by atoms with E-state index < -0.39 is 5.60 Å². The third-order valence-electron chi connectivity index (χ3n) is 5.53. The Bertz CT molecular complexity index is 1220. The molecule has 0 aliphatic carbocycles. The highest BCUT2D eigenvalue weighted by Crippen LogP contribution is 2.41. The number of amides is 1. The van der Waals surface area contributed by atoms with E-state index in [2.05, 4.69) is 29.4 Å². The molecule has 1 aromatic carbocycles. The lowest BCUT2D eigenvalue weighted by molar-refractivity contribution is 0.0205. The van der Waals surface area contributed by atoms with Crippen molar-refractivity contribution in [2.75, 3.05) is 13.1 Å². The third-order valence-corrected chi connectivity index (χ3v) is 7.90. The first-order valence-electron chi connectivity index (χ1n) is 10.6. The minimum atomic E-state index is -0.448. The summed E-state index contributed by atoms with van der Waals surface area (Å²) < 4.78 is 8.60. The summed E-state index contributed by atoms with van der Waals surface area (Å²) in [6, 6.07) is 8.65. The lowest BCUT2D eigenvalue weighted by Gasteiger charge is -2.33. The van der Waals surface area contributed by atoms with Crippen LogP contribution < -0.4 is 0 Å². The fourth-order valence-electron chi connectivity index (χ4n) is 4.02. The smallest absolute Gasteiger partial charge is 0.410 e. The number of rotatable bonds is 2. The Labute approximate surface area is 189 Å². The van der Waals surface area contributed by atoms with E-state index in [0.717, 1.165) is 52.2 Å². The van der Waals surface area contributed by atoms with Crippen molar-refractivity contribution in [1.29, 1.82) is 0 Å². The molecule has 3 aromatic heterocycles. The second-order valence-corrected chi connectivity index (χ2v) is 11.2. The van der Waals surface area contributed by atoms with E-state index in [0.29, 0.717) is 5.92 Å². The van der Waals surface area contributed by atoms with Crippen LogP contribution in [0.25, 0.3) is 31.0 Å². The van der Waals surface area contributed by atoms with Crippen LogP contribution in [0.4, 0.5) is 4.79 Å². The molecule has 0 saturated carbocycles. The number of aryl methyl sites for hydroxylation is 1. The number of benzene rings is 1. The normalized spacial score (nSPS) is 15.8. The van der Waals surface area contributed by atoms with Crippen LogP contribution in [0.2, 0.25) is 0 Å². The maximum Gasteiger partial charge on any atom is 0.410 e. The Morgan fingerprint density at radius 3 is 2.65 bits per heavy atom. The minimum absolute atomic E-state index is 0.200. The van der Waals surface area contributed by atoms with Gasteiger partial charge in [0, 0.05) is 42.2 Å². The molecular formula is C23H26N4O2S2. The zero-order chi connectivity index (χ0) is 21.8. The first kappa shape index (κ1) is 20.5. The lowest BCUT2D eigenvalue weighted by atomic mass is 9.95. The summed E-state index contributed by atoms with van der Waals surface area (Å²) >= 11 is 3.53. The van der Waals surface area contributed by atoms with Gasteiger partial charge < -0.3 is 9.64 Å². The molecule has 0 N–H and O–H groups in total. The predicted octanol–water partition coefficient (Wildman–Crippen LogP) is 6.03. The minimum Gasteiger partial charge on any atom is -0.444 e. The number of carbonyl (C=O) groups excluding carboxylic acids is 1. The van der Waals surface area contributed by atoms with Crippen molar-refractivity contribution in [3.05, 3.63) is 35.3 Å². The number of aromatic nitrogens is 3. The van der Waals surface area contributed by atoms with Gasteiger partial charge in [0.1, 0.15) is 15.4 Å². The molecule has 8 heteroatoms. The molecule has 1 saturated heterocycles. The highest BCUT2D eigenvalue weighted by molar-refractivity contribution is 7.28. The van der Waals surface area contributed by atoms with E-state index in [9.17, 15) is 4.79 Å². The summed E-state index contributed by atoms with van der Waals surface area (Å²) in [6.45, 7) is 7.21. The van der Waals surface area contributed by atoms with Crippen molar-refractivity contribution in [2.24, 2.45) is 7.05 Å². The predicted molar refractivity (Wildman–Crippen MR) is 127 cm³/mol. The highest BCUT2D eigenvalue weighted by atomic mass is 32.1. The summed E-state index contributed by atoms with van der Waals surface area (Å²) in [7, 11) is 1.94. The number of thiophene rings is 1. The van der Waals surface area contributed by atoms with Gasteiger partial charge in [0.2, 0.25) is 0 Å². The fourth-order valence-corrected chi connectivity index (χ4v) is 6.41. The van der Waals surface area contributed by atoms with Gasteiger partial charge in [-0.05, 0) is 51.7 Å². The maximum absolute atomic E-state index is 12.3. The van der Waals surface area contributed by atoms with Gasteiger partial charge in [-0.3, -0.25) is 4.68 Å². The van der Waals surface area contributed by atoms with Crippen molar-refractivity contribution >= 4 is 49.2 Å². The van der Waals surface area contributed by atoms with Gasteiger partial charge in [-0.15, -0.1) is 22.7 Å². The van der Waals surface area contributed by atoms with E-state index >= 15 is 0 Å². The number of carbonyl (C=O) groups is 1. The second kappa shape index (κ2) is 7.60. The molecule has 4 heterocycles. The van der Waals surface area contributed by atoms with Crippen molar-refractivity contribution in [3.8, 4) is 10.6 Å². The maximum atomic E-state index is 12.3. The van der Waals surface area contributed by atoms with Gasteiger partial charge in [-0.25, -0.2) is 9.78 Å². The number of thiazole rings is 1. The molecule has 31 heavy (non-hydrogen) atoms. The number of likely N-dealkylation sites (tertiary alicyclic amines) is 1. The van der Waals surface area contributed by atoms with Crippen LogP contribution in [-0.4, -0.2) is 44.4 Å². The molecule has 1 aliphatic heterocycles. The van der Waals surface area contributed by atoms with Gasteiger partial charge >= 0.3 is 6.09 Å². The summed E-state index contributed by atoms with van der Waals surface area (Å²) in [5, 5.41) is 6.70. The number of hydrogen-bond donors (Lipinski definition) is 0. The van der Waals surface area contributed by atoms with Crippen molar-refractivity contribution < 1.29 is 9.53 Å². The zero-order valence-corrected chi connectivity index (χ0v) is 19.8. The zero-order valence-electron chi connectivity index (χ0n) is 18.2. The summed E-state index contributed by atoms with van der Waals surface area (Å²) in [5.74, 6) is 0.485. The number of fused-ring (bicyclic) bond motifs is 2. The molecule has 1 fully saturated rings. The number of ether oxygens (including phenoxy) is 1. The fraction of sp³-hybridized carbons (Fsp3) is 0.435. The van der Waals surface area contributed by atoms with E-state index in [-0.39, 0.29) is 6.09 Å². The average molecular weight is 455 g/mol. The van der Waals surface area contributed by atoms with Crippen LogP contribution in [0, 0.1) is 0 Å². The first-order chi connectivity index (χ1) is 14.7. The second-order valence-electron chi connectivity index (χ2n) is 9.16. The molecule has 0 unspecified atom stereocenters. The topological polar surface area (TPSA) is 60.2 Å². The standard InChI is InChI=1S/C23H26N4O2S2/c1-23(2,3)29-22(28)27-9-7-14(8-10-27)18-12-19-21(30-18)24-20(31-19)15-5-6-16-13-26(4)25-17(16)11-15/h5-6,11-14H,7-10H2,1-4H3. The van der Waals surface area contributed by atoms with E-state index in [1.165, 1.54) is 9.58 Å². The summed E-state index contributed by atoms with van der Waals surface area (Å²) in [6.07, 6.45) is 3.76. The van der Waals surface area contributed by atoms with E-state index in [4.69, 9.17) is 9.72 Å². The van der Waals surface area contributed by atoms with E-state index in [1.54, 1.807) is 22.7 Å². The van der Waals surface area contributed by atoms with Gasteiger partial charge in [0.15, 0.2) is 0 Å². The molecule has 0 radical (unpaired) electrons. The van der Waals surface area contributed by atoms with Crippen LogP contribution in [0.3, 0.4) is 0 Å². The van der Waals surface area contributed by atoms with Crippen LogP contribution in [0.1, 0.15) is 44.4 Å². The van der Waals surface area contributed by atoms with Crippen molar-refractivity contribution in [1.82, 2.24) is 19.7 Å². The van der Waals surface area contributed by atoms with Gasteiger partial charge in [0.05, 0.1) is 10.2 Å². The van der Waals surface area contributed by atoms with Crippen molar-refractivity contribution in [3.63, 3.8) is 0 Å². The molecule has 5 rings (SSSR count). The van der Waals surface area contributed by atoms with Crippen molar-refractivity contribution in [2.45, 2.75) is 45.1 Å². The SMILES string of the molecule is Cn1cc2ccc(-c3nc4sc(C5CCN(C(=O)OC(C)(C)C)CC5)cc4s3)cc2n1. The van der Waals surface area contributed by atoms with E-state index in [1.807, 2.05) is 43.6 Å². The Morgan fingerprint density at radius 2 is 1.94 bits per heavy atom. The number of piperidine rings is 1. The molecule has 6 nitrogen and oxygen atoms in total. The van der Waals surface area contributed by atoms with Crippen LogP contribution in [0.5, 0.6) is 0 Å². The van der Waals surface area contributed by atoms with Gasteiger partial charge in [-0.1, -0.05) is 12.1 Å². The van der Waals surface area contributed by atoms with Crippen LogP contribution in [-0.2, 0) is 11.8 Å². The Morgan fingerprint density at radius 1 is 1.16 bits per heavy atom. The molecule has 0 spiro atoms. The Kier molecular flexibility index (Phi) is 5.01. The van der Waals surface area contributed by atoms with Crippen LogP contribution >= 0.6 is 22.7 Å². The highest BCUT2D eigenvalue weighted by Gasteiger charge is 2.28. The quantitative estimate of drug-likeness (QED) is 0.371. The molecular weight excluding hydrogens is 428 g/mol. The molecule has 1 aliphatic rings. The molecule has 162 valence electrons. The molecule has 4 aromatic rings. The van der Waals surface area contributed by atoms with Crippen LogP contribution in [0.15, 0.2) is 30.5 Å². The number of nitrogens with zero attached hydrogens (tertiary/aromatic N) is 4. The summed E-state index contributed by atoms with van der Waals surface area (Å²) in [4.78, 5) is 21.5. The molecule has 1 amide bonds. The molecule has 0 atom stereocenters. The summed E-state index contributed by atoms with van der Waals surface area (Å²) in [5.41, 5.74) is 1.67. The molecule has 0 bridgehead atoms. The van der Waals surface area contributed by atoms with Gasteiger partial charge in [-0.2, -0.15) is 5.10 Å². The Balaban J connectivity index is 1.29. The average Bonchev–Trinajstić information content (AvgIpc) is 3.37. The number of hydrogen-bond acceptors (Lipinski definition) is 6. The third kappa shape index (κ3) is 4.19. The Hall–Kier alpha value is -2.45. The monoisotopic (exact) mass is 454 g/mol. The lowest BCUT2D eigenvalue weighted by Crippen LogP contribution is -2.41. The van der Waals surface area contributed by atoms with Gasteiger partial charge in [0.25, 0.3) is 0 Å². The largest absolute Gasteiger partial charge is 0.444 e. The first-order valence-corrected chi connectivity index (χ1v) is 12.2.